The number of rotatable bonds is 16. The van der Waals surface area contributed by atoms with Crippen molar-refractivity contribution < 1.29 is 9.53 Å². The van der Waals surface area contributed by atoms with Gasteiger partial charge in [-0.25, -0.2) is 0 Å². The van der Waals surface area contributed by atoms with Crippen molar-refractivity contribution >= 4 is 5.91 Å². The third-order valence-corrected chi connectivity index (χ3v) is 5.13. The highest BCUT2D eigenvalue weighted by Crippen LogP contribution is 2.26. The van der Waals surface area contributed by atoms with E-state index in [0.717, 1.165) is 37.9 Å². The first-order valence-corrected chi connectivity index (χ1v) is 11.2. The molecular formula is C24H40NO2. The summed E-state index contributed by atoms with van der Waals surface area (Å²) in [6, 6.07) is 6.44. The SMILES string of the molecule is CCCCCCC(Oc1ccc(CCCCC)cc1CCCCC)C([NH])=O. The highest BCUT2D eigenvalue weighted by molar-refractivity contribution is 5.78. The average Bonchev–Trinajstić information content (AvgIpc) is 2.66. The zero-order chi connectivity index (χ0) is 19.9. The highest BCUT2D eigenvalue weighted by atomic mass is 16.5. The molecule has 0 fully saturated rings. The van der Waals surface area contributed by atoms with Gasteiger partial charge in [-0.3, -0.25) is 10.5 Å². The molecule has 0 aliphatic carbocycles. The molecule has 1 unspecified atom stereocenters. The Morgan fingerprint density at radius 3 is 2.15 bits per heavy atom. The van der Waals surface area contributed by atoms with E-state index in [9.17, 15) is 4.79 Å². The lowest BCUT2D eigenvalue weighted by Crippen LogP contribution is -2.28. The van der Waals surface area contributed by atoms with Gasteiger partial charge >= 0.3 is 0 Å². The first kappa shape index (κ1) is 23.5. The normalized spacial score (nSPS) is 12.1. The first-order chi connectivity index (χ1) is 13.1. The van der Waals surface area contributed by atoms with Crippen LogP contribution in [0.1, 0.15) is 103 Å². The van der Waals surface area contributed by atoms with E-state index in [4.69, 9.17) is 10.5 Å². The lowest BCUT2D eigenvalue weighted by molar-refractivity contribution is -0.125. The molecule has 0 bridgehead atoms. The smallest absolute Gasteiger partial charge is 0.279 e. The Bertz CT molecular complexity index is 527. The fraction of sp³-hybridized carbons (Fsp3) is 0.708. The van der Waals surface area contributed by atoms with Gasteiger partial charge in [0.25, 0.3) is 5.91 Å². The number of unbranched alkanes of at least 4 members (excludes halogenated alkanes) is 7. The fourth-order valence-corrected chi connectivity index (χ4v) is 3.40. The number of carbonyl (C=O) groups is 1. The average molecular weight is 375 g/mol. The molecule has 0 aliphatic rings. The van der Waals surface area contributed by atoms with E-state index < -0.39 is 12.0 Å². The third kappa shape index (κ3) is 9.83. The second-order valence-corrected chi connectivity index (χ2v) is 7.68. The van der Waals surface area contributed by atoms with Crippen LogP contribution in [0.4, 0.5) is 0 Å². The summed E-state index contributed by atoms with van der Waals surface area (Å²) in [6.45, 7) is 6.61. The summed E-state index contributed by atoms with van der Waals surface area (Å²) in [5, 5.41) is 0. The number of benzene rings is 1. The van der Waals surface area contributed by atoms with Crippen LogP contribution in [-0.4, -0.2) is 12.0 Å². The third-order valence-electron chi connectivity index (χ3n) is 5.13. The minimum Gasteiger partial charge on any atom is -0.480 e. The predicted molar refractivity (Wildman–Crippen MR) is 114 cm³/mol. The van der Waals surface area contributed by atoms with Gasteiger partial charge in [0.1, 0.15) is 5.75 Å². The van der Waals surface area contributed by atoms with Gasteiger partial charge in [0.15, 0.2) is 6.10 Å². The maximum Gasteiger partial charge on any atom is 0.279 e. The molecule has 3 heteroatoms. The molecule has 1 N–H and O–H groups in total. The fourth-order valence-electron chi connectivity index (χ4n) is 3.40. The zero-order valence-corrected chi connectivity index (χ0v) is 17.8. The predicted octanol–water partition coefficient (Wildman–Crippen LogP) is 6.68. The molecule has 1 aromatic carbocycles. The van der Waals surface area contributed by atoms with E-state index in [2.05, 4.69) is 32.9 Å². The topological polar surface area (TPSA) is 50.1 Å². The molecule has 0 aliphatic heterocycles. The molecule has 1 rings (SSSR count). The number of amides is 1. The Labute approximate surface area is 167 Å². The zero-order valence-electron chi connectivity index (χ0n) is 17.8. The minimum atomic E-state index is -0.627. The molecular weight excluding hydrogens is 334 g/mol. The number of ether oxygens (including phenoxy) is 1. The second-order valence-electron chi connectivity index (χ2n) is 7.68. The van der Waals surface area contributed by atoms with Gasteiger partial charge in [-0.1, -0.05) is 77.8 Å². The van der Waals surface area contributed by atoms with Crippen LogP contribution in [0.3, 0.4) is 0 Å². The molecule has 27 heavy (non-hydrogen) atoms. The van der Waals surface area contributed by atoms with Crippen molar-refractivity contribution in [3.05, 3.63) is 29.3 Å². The number of aryl methyl sites for hydroxylation is 2. The van der Waals surface area contributed by atoms with E-state index in [-0.39, 0.29) is 0 Å². The lowest BCUT2D eigenvalue weighted by atomic mass is 10.00. The van der Waals surface area contributed by atoms with Crippen LogP contribution in [-0.2, 0) is 17.6 Å². The summed E-state index contributed by atoms with van der Waals surface area (Å²) in [4.78, 5) is 11.8. The van der Waals surface area contributed by atoms with E-state index in [1.807, 2.05) is 6.07 Å². The van der Waals surface area contributed by atoms with Crippen LogP contribution in [0.15, 0.2) is 18.2 Å². The highest BCUT2D eigenvalue weighted by Gasteiger charge is 2.19. The van der Waals surface area contributed by atoms with E-state index in [0.29, 0.717) is 6.42 Å². The molecule has 0 saturated carbocycles. The van der Waals surface area contributed by atoms with E-state index in [1.54, 1.807) is 0 Å². The quantitative estimate of drug-likeness (QED) is 0.303. The standard InChI is InChI=1S/C24H40NO2/c1-4-7-10-13-16-23(24(25)26)27-22-18-17-20(14-11-8-5-2)19-21(22)15-12-9-6-3/h17-19,23,25H,4-16H2,1-3H3. The van der Waals surface area contributed by atoms with Crippen LogP contribution >= 0.6 is 0 Å². The van der Waals surface area contributed by atoms with Crippen molar-refractivity contribution in [1.29, 1.82) is 0 Å². The Balaban J connectivity index is 2.81. The molecule has 3 nitrogen and oxygen atoms in total. The maximum atomic E-state index is 11.8. The number of nitrogens with one attached hydrogen (secondary N) is 1. The van der Waals surface area contributed by atoms with E-state index >= 15 is 0 Å². The monoisotopic (exact) mass is 374 g/mol. The van der Waals surface area contributed by atoms with Gasteiger partial charge in [0.2, 0.25) is 0 Å². The van der Waals surface area contributed by atoms with Crippen LogP contribution in [0, 0.1) is 0 Å². The van der Waals surface area contributed by atoms with Gasteiger partial charge in [-0.15, -0.1) is 0 Å². The second kappa shape index (κ2) is 14.5. The van der Waals surface area contributed by atoms with Crippen LogP contribution < -0.4 is 10.5 Å². The maximum absolute atomic E-state index is 11.8. The van der Waals surface area contributed by atoms with Gasteiger partial charge in [0.05, 0.1) is 0 Å². The number of hydrogen-bond acceptors (Lipinski definition) is 2. The van der Waals surface area contributed by atoms with Gasteiger partial charge in [-0.2, -0.15) is 0 Å². The largest absolute Gasteiger partial charge is 0.480 e. The molecule has 0 heterocycles. The molecule has 0 aromatic heterocycles. The molecule has 1 atom stereocenters. The van der Waals surface area contributed by atoms with Crippen molar-refractivity contribution in [2.75, 3.05) is 0 Å². The van der Waals surface area contributed by atoms with Crippen LogP contribution in [0.25, 0.3) is 0 Å². The summed E-state index contributed by atoms with van der Waals surface area (Å²) < 4.78 is 6.06. The Morgan fingerprint density at radius 2 is 1.52 bits per heavy atom. The lowest BCUT2D eigenvalue weighted by Gasteiger charge is -2.19. The Kier molecular flexibility index (Phi) is 12.7. The summed E-state index contributed by atoms with van der Waals surface area (Å²) >= 11 is 0. The molecule has 1 radical (unpaired) electrons. The summed E-state index contributed by atoms with van der Waals surface area (Å²) in [7, 11) is 0. The molecule has 0 spiro atoms. The van der Waals surface area contributed by atoms with Crippen LogP contribution in [0.5, 0.6) is 5.75 Å². The van der Waals surface area contributed by atoms with Gasteiger partial charge < -0.3 is 4.74 Å². The molecule has 153 valence electrons. The van der Waals surface area contributed by atoms with Crippen molar-refractivity contribution in [1.82, 2.24) is 5.73 Å². The summed E-state index contributed by atoms with van der Waals surface area (Å²) in [5.74, 6) is 0.212. The molecule has 0 saturated heterocycles. The molecule has 1 amide bonds. The number of carbonyl (C=O) groups excluding carboxylic acids is 1. The summed E-state index contributed by atoms with van der Waals surface area (Å²) in [6.07, 6.45) is 13.7. The Morgan fingerprint density at radius 1 is 0.889 bits per heavy atom. The van der Waals surface area contributed by atoms with E-state index in [1.165, 1.54) is 56.1 Å². The first-order valence-electron chi connectivity index (χ1n) is 11.2. The van der Waals surface area contributed by atoms with Crippen molar-refractivity contribution in [3.8, 4) is 5.75 Å². The number of hydrogen-bond donors (Lipinski definition) is 0. The van der Waals surface area contributed by atoms with Crippen molar-refractivity contribution in [3.63, 3.8) is 0 Å². The van der Waals surface area contributed by atoms with Crippen LogP contribution in [0.2, 0.25) is 0 Å². The van der Waals surface area contributed by atoms with Gasteiger partial charge in [0, 0.05) is 0 Å². The van der Waals surface area contributed by atoms with Crippen molar-refractivity contribution in [2.24, 2.45) is 0 Å². The summed E-state index contributed by atoms with van der Waals surface area (Å²) in [5.41, 5.74) is 10.2. The van der Waals surface area contributed by atoms with Gasteiger partial charge in [-0.05, 0) is 55.7 Å². The molecule has 1 aromatic rings. The minimum absolute atomic E-state index is 0.599. The van der Waals surface area contributed by atoms with Crippen molar-refractivity contribution in [2.45, 2.75) is 110 Å². The Hall–Kier alpha value is -1.51.